The summed E-state index contributed by atoms with van der Waals surface area (Å²) in [5.74, 6) is -0.665. The molecule has 6 rings (SSSR count). The van der Waals surface area contributed by atoms with Crippen LogP contribution in [0.5, 0.6) is 28.7 Å². The number of rotatable bonds is 10. The maximum atomic E-state index is 15.5. The third-order valence-electron chi connectivity index (χ3n) is 7.31. The van der Waals surface area contributed by atoms with Crippen LogP contribution in [0.2, 0.25) is 0 Å². The molecule has 1 N–H and O–H groups in total. The third kappa shape index (κ3) is 6.08. The molecule has 3 aromatic heterocycles. The summed E-state index contributed by atoms with van der Waals surface area (Å²) in [4.78, 5) is 26.8. The minimum absolute atomic E-state index is 0.0490. The zero-order valence-electron chi connectivity index (χ0n) is 25.5. The monoisotopic (exact) mass is 638 g/mol. The van der Waals surface area contributed by atoms with Gasteiger partial charge in [0.25, 0.3) is 11.5 Å². The van der Waals surface area contributed by atoms with Crippen LogP contribution in [0.25, 0.3) is 22.3 Å². The second-order valence-corrected chi connectivity index (χ2v) is 10.1. The van der Waals surface area contributed by atoms with E-state index < -0.39 is 23.1 Å². The largest absolute Gasteiger partial charge is 0.493 e. The van der Waals surface area contributed by atoms with Crippen molar-refractivity contribution in [3.63, 3.8) is 0 Å². The van der Waals surface area contributed by atoms with E-state index >= 15 is 4.39 Å². The average Bonchev–Trinajstić information content (AvgIpc) is 3.52. The number of carbonyl (C=O) groups excluding carboxylic acids is 1. The zero-order valence-corrected chi connectivity index (χ0v) is 25.5. The molecule has 0 saturated heterocycles. The lowest BCUT2D eigenvalue weighted by Crippen LogP contribution is -2.29. The first-order valence-electron chi connectivity index (χ1n) is 14.4. The standard InChI is InChI=1S/C35H28F2N4O6/c1-4-46-29-15-17-40(24-9-6-22(36)7-10-24)35(43)32(29)34(42)39-23-8-12-27(26(37)20-23)47-30-13-16-38-41-18-14-25(33(30)41)21-5-11-28(44-2)31(19-21)45-3/h5-20H,4H2,1-3H3,(H,39,42). The molecule has 1 amide bonds. The van der Waals surface area contributed by atoms with Gasteiger partial charge in [0.2, 0.25) is 0 Å². The van der Waals surface area contributed by atoms with Gasteiger partial charge in [-0.2, -0.15) is 5.10 Å². The van der Waals surface area contributed by atoms with Crippen molar-refractivity contribution in [3.8, 4) is 45.6 Å². The molecular formula is C35H28F2N4O6. The van der Waals surface area contributed by atoms with Gasteiger partial charge in [0.05, 0.1) is 27.0 Å². The van der Waals surface area contributed by atoms with Crippen LogP contribution >= 0.6 is 0 Å². The quantitative estimate of drug-likeness (QED) is 0.174. The number of nitrogens with one attached hydrogen (secondary N) is 1. The van der Waals surface area contributed by atoms with E-state index in [4.69, 9.17) is 18.9 Å². The Morgan fingerprint density at radius 2 is 1.60 bits per heavy atom. The van der Waals surface area contributed by atoms with E-state index in [-0.39, 0.29) is 29.4 Å². The molecular weight excluding hydrogens is 610 g/mol. The van der Waals surface area contributed by atoms with E-state index in [0.29, 0.717) is 28.5 Å². The van der Waals surface area contributed by atoms with Gasteiger partial charge in [-0.3, -0.25) is 14.2 Å². The number of pyridine rings is 1. The predicted octanol–water partition coefficient (Wildman–Crippen LogP) is 6.89. The molecule has 0 bridgehead atoms. The molecule has 0 aliphatic rings. The van der Waals surface area contributed by atoms with Crippen molar-refractivity contribution in [1.29, 1.82) is 0 Å². The molecule has 3 heterocycles. The van der Waals surface area contributed by atoms with Gasteiger partial charge in [0.15, 0.2) is 28.8 Å². The predicted molar refractivity (Wildman–Crippen MR) is 171 cm³/mol. The molecule has 0 spiro atoms. The molecule has 47 heavy (non-hydrogen) atoms. The Labute approximate surface area is 267 Å². The average molecular weight is 639 g/mol. The molecule has 0 fully saturated rings. The Morgan fingerprint density at radius 3 is 2.32 bits per heavy atom. The van der Waals surface area contributed by atoms with Crippen LogP contribution in [0.3, 0.4) is 0 Å². The van der Waals surface area contributed by atoms with E-state index in [1.54, 1.807) is 44.0 Å². The number of benzene rings is 3. The highest BCUT2D eigenvalue weighted by Crippen LogP contribution is 2.38. The highest BCUT2D eigenvalue weighted by atomic mass is 19.1. The Kier molecular flexibility index (Phi) is 8.56. The zero-order chi connectivity index (χ0) is 33.1. The van der Waals surface area contributed by atoms with Gasteiger partial charge in [0, 0.05) is 41.5 Å². The molecule has 0 aliphatic heterocycles. The van der Waals surface area contributed by atoms with Crippen molar-refractivity contribution in [2.24, 2.45) is 0 Å². The maximum Gasteiger partial charge on any atom is 0.271 e. The SMILES string of the molecule is CCOc1ccn(-c2ccc(F)cc2)c(=O)c1C(=O)Nc1ccc(Oc2ccnn3ccc(-c4ccc(OC)c(OC)c4)c23)c(F)c1. The minimum atomic E-state index is -0.813. The molecule has 10 nitrogen and oxygen atoms in total. The van der Waals surface area contributed by atoms with Crippen molar-refractivity contribution < 1.29 is 32.5 Å². The summed E-state index contributed by atoms with van der Waals surface area (Å²) in [5, 5.41) is 6.92. The summed E-state index contributed by atoms with van der Waals surface area (Å²) < 4.78 is 54.1. The topological polar surface area (TPSA) is 105 Å². The second-order valence-electron chi connectivity index (χ2n) is 10.1. The molecule has 3 aromatic carbocycles. The first kappa shape index (κ1) is 30.8. The molecule has 0 atom stereocenters. The van der Waals surface area contributed by atoms with Gasteiger partial charge in [-0.1, -0.05) is 6.07 Å². The normalized spacial score (nSPS) is 10.9. The summed E-state index contributed by atoms with van der Waals surface area (Å²) in [6, 6.07) is 19.5. The van der Waals surface area contributed by atoms with Gasteiger partial charge in [-0.25, -0.2) is 13.3 Å². The van der Waals surface area contributed by atoms with E-state index in [1.165, 1.54) is 59.4 Å². The fraction of sp³-hybridized carbons (Fsp3) is 0.114. The van der Waals surface area contributed by atoms with Crippen molar-refractivity contribution >= 4 is 17.1 Å². The van der Waals surface area contributed by atoms with Gasteiger partial charge in [-0.15, -0.1) is 0 Å². The molecule has 0 radical (unpaired) electrons. The minimum Gasteiger partial charge on any atom is -0.493 e. The van der Waals surface area contributed by atoms with E-state index in [1.807, 2.05) is 18.2 Å². The lowest BCUT2D eigenvalue weighted by molar-refractivity contribution is 0.102. The Morgan fingerprint density at radius 1 is 0.830 bits per heavy atom. The molecule has 0 unspecified atom stereocenters. The number of amides is 1. The number of halogens is 2. The number of methoxy groups -OCH3 is 2. The van der Waals surface area contributed by atoms with Crippen LogP contribution in [0, 0.1) is 11.6 Å². The van der Waals surface area contributed by atoms with Gasteiger partial charge < -0.3 is 24.3 Å². The molecule has 6 aromatic rings. The molecule has 0 aliphatic carbocycles. The van der Waals surface area contributed by atoms with Gasteiger partial charge >= 0.3 is 0 Å². The summed E-state index contributed by atoms with van der Waals surface area (Å²) in [6.45, 7) is 1.90. The summed E-state index contributed by atoms with van der Waals surface area (Å²) in [7, 11) is 3.10. The van der Waals surface area contributed by atoms with Crippen LogP contribution in [-0.4, -0.2) is 40.9 Å². The van der Waals surface area contributed by atoms with Crippen molar-refractivity contribution in [2.45, 2.75) is 6.92 Å². The number of anilines is 1. The van der Waals surface area contributed by atoms with Crippen LogP contribution in [0.4, 0.5) is 14.5 Å². The Balaban J connectivity index is 1.29. The number of fused-ring (bicyclic) bond motifs is 1. The molecule has 0 saturated carbocycles. The summed E-state index contributed by atoms with van der Waals surface area (Å²) in [6.07, 6.45) is 4.72. The van der Waals surface area contributed by atoms with Gasteiger partial charge in [-0.05, 0) is 73.2 Å². The maximum absolute atomic E-state index is 15.5. The number of carbonyl (C=O) groups is 1. The van der Waals surface area contributed by atoms with E-state index in [0.717, 1.165) is 17.2 Å². The smallest absolute Gasteiger partial charge is 0.271 e. The van der Waals surface area contributed by atoms with E-state index in [2.05, 4.69) is 10.4 Å². The van der Waals surface area contributed by atoms with Crippen molar-refractivity contribution in [2.75, 3.05) is 26.1 Å². The number of hydrogen-bond donors (Lipinski definition) is 1. The molecule has 12 heteroatoms. The lowest BCUT2D eigenvalue weighted by Gasteiger charge is -2.14. The van der Waals surface area contributed by atoms with E-state index in [9.17, 15) is 14.0 Å². The number of aromatic nitrogens is 3. The molecule has 238 valence electrons. The summed E-state index contributed by atoms with van der Waals surface area (Å²) >= 11 is 0. The first-order chi connectivity index (χ1) is 22.8. The third-order valence-corrected chi connectivity index (χ3v) is 7.31. The number of hydrogen-bond acceptors (Lipinski definition) is 7. The van der Waals surface area contributed by atoms with Crippen LogP contribution in [0.1, 0.15) is 17.3 Å². The van der Waals surface area contributed by atoms with Crippen molar-refractivity contribution in [1.82, 2.24) is 14.2 Å². The fourth-order valence-corrected chi connectivity index (χ4v) is 5.12. The van der Waals surface area contributed by atoms with Crippen LogP contribution in [-0.2, 0) is 0 Å². The summed E-state index contributed by atoms with van der Waals surface area (Å²) in [5.41, 5.74) is 1.58. The highest BCUT2D eigenvalue weighted by molar-refractivity contribution is 6.06. The fourth-order valence-electron chi connectivity index (χ4n) is 5.12. The second kappa shape index (κ2) is 13.1. The van der Waals surface area contributed by atoms with Crippen LogP contribution < -0.4 is 29.8 Å². The Bertz CT molecular complexity index is 2160. The van der Waals surface area contributed by atoms with Crippen molar-refractivity contribution in [3.05, 3.63) is 125 Å². The highest BCUT2D eigenvalue weighted by Gasteiger charge is 2.21. The first-order valence-corrected chi connectivity index (χ1v) is 14.4. The lowest BCUT2D eigenvalue weighted by atomic mass is 10.1. The number of nitrogens with zero attached hydrogens (tertiary/aromatic N) is 3. The number of ether oxygens (including phenoxy) is 4. The Hall–Kier alpha value is -6.17. The van der Waals surface area contributed by atoms with Gasteiger partial charge in [0.1, 0.15) is 22.6 Å². The van der Waals surface area contributed by atoms with Crippen LogP contribution in [0.15, 0.2) is 102 Å².